The number of aliphatic hydroxyl groups is 1. The molecule has 9 nitrogen and oxygen atoms in total. The summed E-state index contributed by atoms with van der Waals surface area (Å²) < 4.78 is 16.7. The summed E-state index contributed by atoms with van der Waals surface area (Å²) in [6.07, 6.45) is 3.02. The smallest absolute Gasteiger partial charge is 0.350 e. The second-order valence-electron chi connectivity index (χ2n) is 8.71. The molecule has 3 aromatic rings. The number of rotatable bonds is 11. The number of nitrogens with zero attached hydrogens (tertiary/aromatic N) is 2. The van der Waals surface area contributed by atoms with E-state index in [4.69, 9.17) is 25.8 Å². The number of amides is 1. The number of carbonyl (C=O) groups excluding carboxylic acids is 3. The van der Waals surface area contributed by atoms with E-state index in [2.05, 4.69) is 18.1 Å². The summed E-state index contributed by atoms with van der Waals surface area (Å²) in [5.41, 5.74) is 0.888. The highest BCUT2D eigenvalue weighted by Crippen LogP contribution is 2.45. The van der Waals surface area contributed by atoms with Gasteiger partial charge in [-0.2, -0.15) is 0 Å². The van der Waals surface area contributed by atoms with Crippen LogP contribution in [0.5, 0.6) is 11.5 Å². The van der Waals surface area contributed by atoms with Crippen molar-refractivity contribution in [2.45, 2.75) is 19.9 Å². The Morgan fingerprint density at radius 2 is 1.80 bits per heavy atom. The normalized spacial score (nSPS) is 16.0. The molecule has 1 aliphatic rings. The highest BCUT2D eigenvalue weighted by atomic mass is 35.5. The molecule has 4 rings (SSSR count). The number of hydrogen-bond donors (Lipinski definition) is 1. The quantitative estimate of drug-likeness (QED) is 0.0939. The molecule has 0 bridgehead atoms. The number of benzene rings is 2. The van der Waals surface area contributed by atoms with Gasteiger partial charge >= 0.3 is 11.9 Å². The van der Waals surface area contributed by atoms with Crippen LogP contribution in [0.4, 0.5) is 5.13 Å². The van der Waals surface area contributed by atoms with Gasteiger partial charge in [-0.05, 0) is 55.8 Å². The van der Waals surface area contributed by atoms with Gasteiger partial charge in [0.2, 0.25) is 0 Å². The molecule has 2 aromatic carbocycles. The highest BCUT2D eigenvalue weighted by Gasteiger charge is 2.48. The van der Waals surface area contributed by atoms with Crippen LogP contribution in [0.1, 0.15) is 39.5 Å². The van der Waals surface area contributed by atoms with Gasteiger partial charge in [-0.25, -0.2) is 9.78 Å². The van der Waals surface area contributed by atoms with Crippen molar-refractivity contribution in [3.63, 3.8) is 0 Å². The Morgan fingerprint density at radius 1 is 1.10 bits per heavy atom. The third kappa shape index (κ3) is 6.03. The number of aromatic nitrogens is 1. The molecule has 11 heteroatoms. The zero-order valence-corrected chi connectivity index (χ0v) is 24.0. The third-order valence-corrected chi connectivity index (χ3v) is 7.40. The number of halogens is 1. The van der Waals surface area contributed by atoms with Gasteiger partial charge in [0.05, 0.1) is 23.9 Å². The van der Waals surface area contributed by atoms with Gasteiger partial charge in [-0.1, -0.05) is 54.3 Å². The van der Waals surface area contributed by atoms with Crippen LogP contribution in [0.25, 0.3) is 5.76 Å². The van der Waals surface area contributed by atoms with Crippen LogP contribution in [0.15, 0.2) is 73.3 Å². The first-order valence-electron chi connectivity index (χ1n) is 12.5. The second kappa shape index (κ2) is 12.8. The van der Waals surface area contributed by atoms with Crippen LogP contribution in [0, 0.1) is 6.92 Å². The van der Waals surface area contributed by atoms with Crippen molar-refractivity contribution < 1.29 is 33.7 Å². The van der Waals surface area contributed by atoms with E-state index in [9.17, 15) is 19.5 Å². The van der Waals surface area contributed by atoms with Gasteiger partial charge < -0.3 is 19.3 Å². The topological polar surface area (TPSA) is 115 Å². The number of ether oxygens (including phenoxy) is 3. The molecule has 0 spiro atoms. The van der Waals surface area contributed by atoms with E-state index in [1.165, 1.54) is 11.0 Å². The maximum absolute atomic E-state index is 13.6. The molecule has 1 aromatic heterocycles. The van der Waals surface area contributed by atoms with Crippen molar-refractivity contribution in [1.29, 1.82) is 0 Å². The fourth-order valence-electron chi connectivity index (χ4n) is 4.21. The lowest BCUT2D eigenvalue weighted by Gasteiger charge is -2.24. The van der Waals surface area contributed by atoms with Gasteiger partial charge in [-0.15, -0.1) is 0 Å². The van der Waals surface area contributed by atoms with E-state index in [1.54, 1.807) is 55.5 Å². The molecule has 1 saturated heterocycles. The molecule has 1 amide bonds. The maximum atomic E-state index is 13.6. The van der Waals surface area contributed by atoms with Crippen LogP contribution in [-0.2, 0) is 14.3 Å². The highest BCUT2D eigenvalue weighted by molar-refractivity contribution is 7.17. The van der Waals surface area contributed by atoms with Gasteiger partial charge in [-0.3, -0.25) is 14.5 Å². The first-order chi connectivity index (χ1) is 19.7. The molecule has 1 unspecified atom stereocenters. The molecular formula is C30H27ClN2O7S. The van der Waals surface area contributed by atoms with Crippen molar-refractivity contribution in [2.75, 3.05) is 24.7 Å². The average molecular weight is 595 g/mol. The summed E-state index contributed by atoms with van der Waals surface area (Å²) in [5, 5.41) is 11.9. The average Bonchev–Trinajstić information content (AvgIpc) is 3.47. The number of anilines is 1. The van der Waals surface area contributed by atoms with Crippen molar-refractivity contribution >= 4 is 51.5 Å². The predicted molar refractivity (Wildman–Crippen MR) is 157 cm³/mol. The number of aryl methyl sites for hydroxylation is 1. The molecule has 1 fully saturated rings. The van der Waals surface area contributed by atoms with Crippen molar-refractivity contribution in [3.05, 3.63) is 100 Å². The van der Waals surface area contributed by atoms with E-state index in [1.807, 2.05) is 6.92 Å². The first-order valence-corrected chi connectivity index (χ1v) is 13.7. The van der Waals surface area contributed by atoms with E-state index in [0.29, 0.717) is 34.4 Å². The number of carbonyl (C=O) groups is 3. The largest absolute Gasteiger partial charge is 0.507 e. The van der Waals surface area contributed by atoms with Crippen LogP contribution in [0.2, 0.25) is 5.02 Å². The second-order valence-corrected chi connectivity index (χ2v) is 10.1. The van der Waals surface area contributed by atoms with Crippen LogP contribution < -0.4 is 14.4 Å². The summed E-state index contributed by atoms with van der Waals surface area (Å²) in [6, 6.07) is 10.1. The van der Waals surface area contributed by atoms with Gasteiger partial charge in [0.15, 0.2) is 16.6 Å². The van der Waals surface area contributed by atoms with E-state index in [-0.39, 0.29) is 34.4 Å². The molecule has 0 saturated carbocycles. The Morgan fingerprint density at radius 3 is 2.46 bits per heavy atom. The van der Waals surface area contributed by atoms with Gasteiger partial charge in [0, 0.05) is 10.6 Å². The first kappa shape index (κ1) is 29.6. The number of Topliss-reactive ketones (excluding diaryl/α,β-unsaturated/α-hetero) is 1. The lowest BCUT2D eigenvalue weighted by Crippen LogP contribution is -2.29. The molecule has 0 aliphatic carbocycles. The van der Waals surface area contributed by atoms with E-state index >= 15 is 0 Å². The van der Waals surface area contributed by atoms with Crippen LogP contribution in [0.3, 0.4) is 0 Å². The molecule has 2 heterocycles. The molecular weight excluding hydrogens is 568 g/mol. The minimum atomic E-state index is -1.11. The zero-order valence-electron chi connectivity index (χ0n) is 22.4. The molecule has 212 valence electrons. The molecule has 0 radical (unpaired) electrons. The van der Waals surface area contributed by atoms with Crippen LogP contribution in [-0.4, -0.2) is 47.6 Å². The fourth-order valence-corrected chi connectivity index (χ4v) is 5.33. The lowest BCUT2D eigenvalue weighted by molar-refractivity contribution is -0.132. The number of hydrogen-bond acceptors (Lipinski definition) is 9. The Labute approximate surface area is 245 Å². The molecule has 1 atom stereocenters. The van der Waals surface area contributed by atoms with Gasteiger partial charge in [0.25, 0.3) is 5.78 Å². The Hall–Kier alpha value is -4.41. The number of aliphatic hydroxyl groups excluding tert-OH is 1. The standard InChI is InChI=1S/C30H27ClN2O7S/c1-5-14-39-21-13-10-19(16-22(21)38-7-3)24-23(25(34)18-8-11-20(31)12-9-18)26(35)28(36)33(24)30-32-17(4)27(41-30)29(37)40-15-6-2/h5-6,8-13,16,24,34H,1-2,7,14-15H2,3-4H3. The summed E-state index contributed by atoms with van der Waals surface area (Å²) in [4.78, 5) is 45.4. The van der Waals surface area contributed by atoms with Crippen LogP contribution >= 0.6 is 22.9 Å². The summed E-state index contributed by atoms with van der Waals surface area (Å²) in [5.74, 6) is -2.07. The maximum Gasteiger partial charge on any atom is 0.350 e. The fraction of sp³-hybridized carbons (Fsp3) is 0.200. The van der Waals surface area contributed by atoms with Crippen molar-refractivity contribution in [2.24, 2.45) is 0 Å². The molecule has 1 aliphatic heterocycles. The summed E-state index contributed by atoms with van der Waals surface area (Å²) >= 11 is 6.92. The Balaban J connectivity index is 1.91. The minimum absolute atomic E-state index is 0.00239. The summed E-state index contributed by atoms with van der Waals surface area (Å²) in [6.45, 7) is 11.2. The number of esters is 1. The molecule has 1 N–H and O–H groups in total. The predicted octanol–water partition coefficient (Wildman–Crippen LogP) is 6.04. The Bertz CT molecular complexity index is 1540. The molecule has 41 heavy (non-hydrogen) atoms. The van der Waals surface area contributed by atoms with Crippen molar-refractivity contribution in [1.82, 2.24) is 4.98 Å². The zero-order chi connectivity index (χ0) is 29.7. The third-order valence-electron chi connectivity index (χ3n) is 6.01. The number of ketones is 1. The Kier molecular flexibility index (Phi) is 9.26. The SMILES string of the molecule is C=CCOC(=O)c1sc(N2C(=O)C(=O)C(=C(O)c3ccc(Cl)cc3)C2c2ccc(OCC=C)c(OCC)c2)nc1C. The lowest BCUT2D eigenvalue weighted by atomic mass is 9.95. The van der Waals surface area contributed by atoms with Crippen molar-refractivity contribution in [3.8, 4) is 11.5 Å². The van der Waals surface area contributed by atoms with Gasteiger partial charge in [0.1, 0.15) is 23.9 Å². The minimum Gasteiger partial charge on any atom is -0.507 e. The van der Waals surface area contributed by atoms with E-state index in [0.717, 1.165) is 11.3 Å². The van der Waals surface area contributed by atoms with E-state index < -0.39 is 29.5 Å². The monoisotopic (exact) mass is 594 g/mol. The summed E-state index contributed by atoms with van der Waals surface area (Å²) in [7, 11) is 0. The number of thiazole rings is 1.